The van der Waals surface area contributed by atoms with Crippen molar-refractivity contribution in [3.05, 3.63) is 35.4 Å². The lowest BCUT2D eigenvalue weighted by atomic mass is 9.97. The summed E-state index contributed by atoms with van der Waals surface area (Å²) in [5.41, 5.74) is 14.1. The molecule has 1 aromatic rings. The first-order valence-corrected chi connectivity index (χ1v) is 5.70. The number of nitrogens with two attached hydrogens (primary N) is 2. The van der Waals surface area contributed by atoms with Gasteiger partial charge in [-0.2, -0.15) is 0 Å². The number of hydrogen-bond acceptors (Lipinski definition) is 2. The summed E-state index contributed by atoms with van der Waals surface area (Å²) in [6.45, 7) is 5.12. The van der Waals surface area contributed by atoms with Crippen molar-refractivity contribution in [3.63, 3.8) is 0 Å². The maximum absolute atomic E-state index is 6.05. The molecule has 0 aliphatic carbocycles. The highest BCUT2D eigenvalue weighted by atomic mass is 14.6. The molecule has 4 N–H and O–H groups in total. The normalized spacial score (nSPS) is 13.1. The second-order valence-electron chi connectivity index (χ2n) is 4.36. The van der Waals surface area contributed by atoms with Gasteiger partial charge in [-0.25, -0.2) is 0 Å². The molecule has 0 unspecified atom stereocenters. The van der Waals surface area contributed by atoms with Gasteiger partial charge in [0.15, 0.2) is 0 Å². The Morgan fingerprint density at radius 2 is 1.60 bits per heavy atom. The Morgan fingerprint density at radius 1 is 1.07 bits per heavy atom. The lowest BCUT2D eigenvalue weighted by Gasteiger charge is -2.13. The smallest absolute Gasteiger partial charge is 0.0295 e. The Morgan fingerprint density at radius 3 is 2.07 bits per heavy atom. The minimum Gasteiger partial charge on any atom is -0.330 e. The first-order valence-electron chi connectivity index (χ1n) is 5.70. The number of rotatable bonds is 5. The standard InChI is InChI=1S/C13H22N2/c1-10(2)11-5-7-12(8-6-11)13(15)4-3-9-14/h5-8,10,13H,3-4,9,14-15H2,1-2H3/t13-/m1/s1. The zero-order valence-corrected chi connectivity index (χ0v) is 9.74. The van der Waals surface area contributed by atoms with Crippen LogP contribution in [0.25, 0.3) is 0 Å². The van der Waals surface area contributed by atoms with Gasteiger partial charge in [-0.05, 0) is 36.4 Å². The van der Waals surface area contributed by atoms with Crippen LogP contribution in [0.2, 0.25) is 0 Å². The molecular formula is C13H22N2. The summed E-state index contributed by atoms with van der Waals surface area (Å²) in [4.78, 5) is 0. The Hall–Kier alpha value is -0.860. The van der Waals surface area contributed by atoms with Crippen molar-refractivity contribution < 1.29 is 0 Å². The molecule has 0 saturated carbocycles. The molecule has 1 atom stereocenters. The van der Waals surface area contributed by atoms with E-state index in [-0.39, 0.29) is 6.04 Å². The molecule has 0 fully saturated rings. The van der Waals surface area contributed by atoms with Crippen molar-refractivity contribution in [2.45, 2.75) is 38.6 Å². The lowest BCUT2D eigenvalue weighted by molar-refractivity contribution is 0.617. The first kappa shape index (κ1) is 12.2. The van der Waals surface area contributed by atoms with Gasteiger partial charge in [0.2, 0.25) is 0 Å². The fourth-order valence-electron chi connectivity index (χ4n) is 1.63. The van der Waals surface area contributed by atoms with Crippen LogP contribution in [0.15, 0.2) is 24.3 Å². The molecule has 0 saturated heterocycles. The van der Waals surface area contributed by atoms with E-state index in [1.165, 1.54) is 11.1 Å². The van der Waals surface area contributed by atoms with Crippen LogP contribution in [0.1, 0.15) is 49.8 Å². The summed E-state index contributed by atoms with van der Waals surface area (Å²) >= 11 is 0. The van der Waals surface area contributed by atoms with Crippen molar-refractivity contribution in [1.82, 2.24) is 0 Å². The van der Waals surface area contributed by atoms with Crippen molar-refractivity contribution in [1.29, 1.82) is 0 Å². The highest BCUT2D eigenvalue weighted by molar-refractivity contribution is 5.26. The second-order valence-corrected chi connectivity index (χ2v) is 4.36. The van der Waals surface area contributed by atoms with Crippen molar-refractivity contribution in [2.24, 2.45) is 11.5 Å². The topological polar surface area (TPSA) is 52.0 Å². The largest absolute Gasteiger partial charge is 0.330 e. The summed E-state index contributed by atoms with van der Waals surface area (Å²) in [6.07, 6.45) is 1.96. The van der Waals surface area contributed by atoms with Crippen LogP contribution in [0.4, 0.5) is 0 Å². The van der Waals surface area contributed by atoms with Gasteiger partial charge in [-0.3, -0.25) is 0 Å². The van der Waals surface area contributed by atoms with Crippen LogP contribution in [0, 0.1) is 0 Å². The van der Waals surface area contributed by atoms with Crippen LogP contribution < -0.4 is 11.5 Å². The van der Waals surface area contributed by atoms with Gasteiger partial charge < -0.3 is 11.5 Å². The second kappa shape index (κ2) is 5.89. The van der Waals surface area contributed by atoms with Gasteiger partial charge in [0, 0.05) is 6.04 Å². The molecule has 0 aromatic heterocycles. The fourth-order valence-corrected chi connectivity index (χ4v) is 1.63. The Balaban J connectivity index is 2.62. The van der Waals surface area contributed by atoms with E-state index in [1.807, 2.05) is 0 Å². The monoisotopic (exact) mass is 206 g/mol. The molecule has 0 radical (unpaired) electrons. The molecule has 15 heavy (non-hydrogen) atoms. The zero-order chi connectivity index (χ0) is 11.3. The Labute approximate surface area is 92.7 Å². The highest BCUT2D eigenvalue weighted by Crippen LogP contribution is 2.19. The minimum atomic E-state index is 0.134. The van der Waals surface area contributed by atoms with E-state index >= 15 is 0 Å². The van der Waals surface area contributed by atoms with Gasteiger partial charge >= 0.3 is 0 Å². The maximum Gasteiger partial charge on any atom is 0.0295 e. The van der Waals surface area contributed by atoms with E-state index in [4.69, 9.17) is 11.5 Å². The molecule has 2 nitrogen and oxygen atoms in total. The van der Waals surface area contributed by atoms with Crippen molar-refractivity contribution in [2.75, 3.05) is 6.54 Å². The third kappa shape index (κ3) is 3.65. The van der Waals surface area contributed by atoms with Gasteiger partial charge in [0.25, 0.3) is 0 Å². The Kier molecular flexibility index (Phi) is 4.79. The predicted octanol–water partition coefficient (Wildman–Crippen LogP) is 2.55. The van der Waals surface area contributed by atoms with E-state index in [1.54, 1.807) is 0 Å². The van der Waals surface area contributed by atoms with E-state index in [2.05, 4.69) is 38.1 Å². The van der Waals surface area contributed by atoms with E-state index in [0.29, 0.717) is 5.92 Å². The van der Waals surface area contributed by atoms with Crippen LogP contribution >= 0.6 is 0 Å². The van der Waals surface area contributed by atoms with Gasteiger partial charge in [-0.1, -0.05) is 38.1 Å². The van der Waals surface area contributed by atoms with E-state index in [9.17, 15) is 0 Å². The molecule has 0 spiro atoms. The molecule has 0 aliphatic heterocycles. The van der Waals surface area contributed by atoms with E-state index < -0.39 is 0 Å². The van der Waals surface area contributed by atoms with Gasteiger partial charge in [0.05, 0.1) is 0 Å². The highest BCUT2D eigenvalue weighted by Gasteiger charge is 2.05. The fraction of sp³-hybridized carbons (Fsp3) is 0.538. The molecule has 2 heteroatoms. The third-order valence-corrected chi connectivity index (χ3v) is 2.75. The molecular weight excluding hydrogens is 184 g/mol. The zero-order valence-electron chi connectivity index (χ0n) is 9.74. The van der Waals surface area contributed by atoms with Gasteiger partial charge in [-0.15, -0.1) is 0 Å². The summed E-state index contributed by atoms with van der Waals surface area (Å²) in [7, 11) is 0. The van der Waals surface area contributed by atoms with Crippen LogP contribution in [-0.4, -0.2) is 6.54 Å². The average Bonchev–Trinajstić information content (AvgIpc) is 2.26. The van der Waals surface area contributed by atoms with Crippen molar-refractivity contribution in [3.8, 4) is 0 Å². The first-order chi connectivity index (χ1) is 7.15. The van der Waals surface area contributed by atoms with Crippen LogP contribution in [0.5, 0.6) is 0 Å². The summed E-state index contributed by atoms with van der Waals surface area (Å²) < 4.78 is 0. The molecule has 0 aliphatic rings. The third-order valence-electron chi connectivity index (χ3n) is 2.75. The SMILES string of the molecule is CC(C)c1ccc([C@H](N)CCCN)cc1. The quantitative estimate of drug-likeness (QED) is 0.778. The van der Waals surface area contributed by atoms with Crippen LogP contribution in [0.3, 0.4) is 0 Å². The molecule has 84 valence electrons. The van der Waals surface area contributed by atoms with Gasteiger partial charge in [0.1, 0.15) is 0 Å². The summed E-state index contributed by atoms with van der Waals surface area (Å²) in [5, 5.41) is 0. The lowest BCUT2D eigenvalue weighted by Crippen LogP contribution is -2.12. The minimum absolute atomic E-state index is 0.134. The maximum atomic E-state index is 6.05. The molecule has 0 bridgehead atoms. The summed E-state index contributed by atoms with van der Waals surface area (Å²) in [6, 6.07) is 8.74. The van der Waals surface area contributed by atoms with Crippen molar-refractivity contribution >= 4 is 0 Å². The molecule has 1 aromatic carbocycles. The Bertz CT molecular complexity index is 277. The molecule has 0 amide bonds. The number of hydrogen-bond donors (Lipinski definition) is 2. The van der Waals surface area contributed by atoms with E-state index in [0.717, 1.165) is 19.4 Å². The van der Waals surface area contributed by atoms with Crippen LogP contribution in [-0.2, 0) is 0 Å². The molecule has 0 heterocycles. The molecule has 1 rings (SSSR count). The number of benzene rings is 1. The predicted molar refractivity (Wildman–Crippen MR) is 65.7 cm³/mol. The average molecular weight is 206 g/mol. The summed E-state index contributed by atoms with van der Waals surface area (Å²) in [5.74, 6) is 0.583.